The summed E-state index contributed by atoms with van der Waals surface area (Å²) < 4.78 is 38.6. The summed E-state index contributed by atoms with van der Waals surface area (Å²) in [7, 11) is 0. The Labute approximate surface area is 182 Å². The monoisotopic (exact) mass is 471 g/mol. The van der Waals surface area contributed by atoms with Crippen molar-refractivity contribution in [3.8, 4) is 6.07 Å². The first kappa shape index (κ1) is 22.2. The molecule has 3 rings (SSSR count). The van der Waals surface area contributed by atoms with Crippen LogP contribution in [0.3, 0.4) is 0 Å². The molecule has 1 atom stereocenters. The highest BCUT2D eigenvalue weighted by Gasteiger charge is 2.32. The largest absolute Gasteiger partial charge is 0.416 e. The van der Waals surface area contributed by atoms with E-state index in [-0.39, 0.29) is 33.8 Å². The van der Waals surface area contributed by atoms with Gasteiger partial charge < -0.3 is 10.6 Å². The SMILES string of the molecule is N#CC1=C(SCC(=O)Nc2cc(C(F)(F)F)ccc2Cl)NC(=O)C[C@H]1c1cccs1. The number of anilines is 1. The molecule has 0 radical (unpaired) electrons. The van der Waals surface area contributed by atoms with Crippen molar-refractivity contribution in [1.82, 2.24) is 5.32 Å². The molecular weight excluding hydrogens is 459 g/mol. The Balaban J connectivity index is 1.74. The summed E-state index contributed by atoms with van der Waals surface area (Å²) in [5.74, 6) is -1.54. The second-order valence-corrected chi connectivity index (χ2v) is 8.58. The number of amides is 2. The third-order valence-electron chi connectivity index (χ3n) is 4.16. The topological polar surface area (TPSA) is 82.0 Å². The molecule has 0 saturated carbocycles. The second-order valence-electron chi connectivity index (χ2n) is 6.20. The molecule has 0 aliphatic carbocycles. The molecule has 156 valence electrons. The number of rotatable bonds is 5. The average molecular weight is 472 g/mol. The van der Waals surface area contributed by atoms with E-state index >= 15 is 0 Å². The summed E-state index contributed by atoms with van der Waals surface area (Å²) in [6.45, 7) is 0. The molecule has 0 unspecified atom stereocenters. The maximum Gasteiger partial charge on any atom is 0.416 e. The van der Waals surface area contributed by atoms with Crippen LogP contribution in [0, 0.1) is 11.3 Å². The quantitative estimate of drug-likeness (QED) is 0.633. The van der Waals surface area contributed by atoms with Gasteiger partial charge in [-0.1, -0.05) is 29.4 Å². The fourth-order valence-corrected chi connectivity index (χ4v) is 4.67. The Morgan fingerprint density at radius 3 is 2.80 bits per heavy atom. The molecule has 0 spiro atoms. The van der Waals surface area contributed by atoms with Crippen LogP contribution in [0.4, 0.5) is 18.9 Å². The molecule has 2 amide bonds. The first-order valence-corrected chi connectivity index (χ1v) is 10.7. The molecule has 2 heterocycles. The molecule has 0 saturated heterocycles. The number of nitrogens with one attached hydrogen (secondary N) is 2. The van der Waals surface area contributed by atoms with Crippen molar-refractivity contribution < 1.29 is 22.8 Å². The predicted octanol–water partition coefficient (Wildman–Crippen LogP) is 5.13. The van der Waals surface area contributed by atoms with Crippen LogP contribution < -0.4 is 10.6 Å². The molecule has 0 fully saturated rings. The number of hydrogen-bond acceptors (Lipinski definition) is 5. The number of thioether (sulfide) groups is 1. The van der Waals surface area contributed by atoms with Gasteiger partial charge in [-0.2, -0.15) is 18.4 Å². The van der Waals surface area contributed by atoms with E-state index in [1.165, 1.54) is 11.3 Å². The van der Waals surface area contributed by atoms with E-state index in [2.05, 4.69) is 16.7 Å². The van der Waals surface area contributed by atoms with E-state index in [4.69, 9.17) is 11.6 Å². The van der Waals surface area contributed by atoms with Gasteiger partial charge in [-0.15, -0.1) is 11.3 Å². The van der Waals surface area contributed by atoms with Gasteiger partial charge in [-0.3, -0.25) is 9.59 Å². The van der Waals surface area contributed by atoms with E-state index in [0.717, 1.165) is 34.8 Å². The summed E-state index contributed by atoms with van der Waals surface area (Å²) in [4.78, 5) is 25.2. The number of carbonyl (C=O) groups is 2. The lowest BCUT2D eigenvalue weighted by Gasteiger charge is -2.23. The number of halogens is 4. The van der Waals surface area contributed by atoms with Crippen LogP contribution in [0.2, 0.25) is 5.02 Å². The summed E-state index contributed by atoms with van der Waals surface area (Å²) >= 11 is 8.24. The number of allylic oxidation sites excluding steroid dienone is 1. The molecular formula is C19H13ClF3N3O2S2. The Morgan fingerprint density at radius 2 is 2.17 bits per heavy atom. The Morgan fingerprint density at radius 1 is 1.40 bits per heavy atom. The van der Waals surface area contributed by atoms with Crippen molar-refractivity contribution in [3.05, 3.63) is 61.8 Å². The van der Waals surface area contributed by atoms with Gasteiger partial charge in [0.15, 0.2) is 0 Å². The fourth-order valence-electron chi connectivity index (χ4n) is 2.79. The Hall–Kier alpha value is -2.48. The number of nitrogens with zero attached hydrogens (tertiary/aromatic N) is 1. The molecule has 1 aromatic carbocycles. The van der Waals surface area contributed by atoms with Crippen LogP contribution in [-0.4, -0.2) is 17.6 Å². The van der Waals surface area contributed by atoms with Gasteiger partial charge in [0, 0.05) is 17.2 Å². The average Bonchev–Trinajstić information content (AvgIpc) is 3.21. The number of alkyl halides is 3. The van der Waals surface area contributed by atoms with Crippen molar-refractivity contribution in [2.24, 2.45) is 0 Å². The molecule has 30 heavy (non-hydrogen) atoms. The van der Waals surface area contributed by atoms with E-state index < -0.39 is 23.6 Å². The normalized spacial score (nSPS) is 16.8. The molecule has 5 nitrogen and oxygen atoms in total. The first-order chi connectivity index (χ1) is 14.2. The third-order valence-corrected chi connectivity index (χ3v) is 6.49. The van der Waals surface area contributed by atoms with Crippen molar-refractivity contribution in [1.29, 1.82) is 5.26 Å². The lowest BCUT2D eigenvalue weighted by molar-refractivity contribution is -0.137. The van der Waals surface area contributed by atoms with Gasteiger partial charge >= 0.3 is 6.18 Å². The van der Waals surface area contributed by atoms with E-state index in [0.29, 0.717) is 5.57 Å². The molecule has 2 aromatic rings. The minimum Gasteiger partial charge on any atom is -0.324 e. The fraction of sp³-hybridized carbons (Fsp3) is 0.211. The van der Waals surface area contributed by atoms with Crippen molar-refractivity contribution in [2.45, 2.75) is 18.5 Å². The number of carbonyl (C=O) groups excluding carboxylic acids is 2. The van der Waals surface area contributed by atoms with Crippen LogP contribution >= 0.6 is 34.7 Å². The van der Waals surface area contributed by atoms with Gasteiger partial charge in [0.1, 0.15) is 0 Å². The molecule has 1 aliphatic heterocycles. The number of nitriles is 1. The summed E-state index contributed by atoms with van der Waals surface area (Å²) in [5.41, 5.74) is -0.773. The van der Waals surface area contributed by atoms with E-state index in [9.17, 15) is 28.0 Å². The van der Waals surface area contributed by atoms with Crippen LogP contribution in [0.5, 0.6) is 0 Å². The zero-order chi connectivity index (χ0) is 21.9. The van der Waals surface area contributed by atoms with E-state index in [1.54, 1.807) is 0 Å². The van der Waals surface area contributed by atoms with Crippen LogP contribution in [0.1, 0.15) is 22.8 Å². The minimum absolute atomic E-state index is 0.0398. The van der Waals surface area contributed by atoms with Gasteiger partial charge in [0.05, 0.1) is 38.7 Å². The highest BCUT2D eigenvalue weighted by atomic mass is 35.5. The lowest BCUT2D eigenvalue weighted by atomic mass is 9.93. The molecule has 1 aromatic heterocycles. The maximum atomic E-state index is 12.9. The third kappa shape index (κ3) is 5.16. The van der Waals surface area contributed by atoms with Gasteiger partial charge in [0.2, 0.25) is 11.8 Å². The predicted molar refractivity (Wildman–Crippen MR) is 110 cm³/mol. The van der Waals surface area contributed by atoms with Crippen molar-refractivity contribution in [2.75, 3.05) is 11.1 Å². The minimum atomic E-state index is -4.57. The van der Waals surface area contributed by atoms with Crippen LogP contribution in [0.15, 0.2) is 46.3 Å². The second kappa shape index (κ2) is 9.12. The molecule has 2 N–H and O–H groups in total. The van der Waals surface area contributed by atoms with Crippen LogP contribution in [0.25, 0.3) is 0 Å². The number of benzene rings is 1. The summed E-state index contributed by atoms with van der Waals surface area (Å²) in [6.07, 6.45) is -4.45. The smallest absolute Gasteiger partial charge is 0.324 e. The van der Waals surface area contributed by atoms with E-state index in [1.807, 2.05) is 17.5 Å². The first-order valence-electron chi connectivity index (χ1n) is 8.46. The number of thiophene rings is 1. The van der Waals surface area contributed by atoms with Gasteiger partial charge in [-0.05, 0) is 29.6 Å². The maximum absolute atomic E-state index is 12.9. The highest BCUT2D eigenvalue weighted by Crippen LogP contribution is 2.38. The number of hydrogen-bond donors (Lipinski definition) is 2. The zero-order valence-corrected chi connectivity index (χ0v) is 17.4. The summed E-state index contributed by atoms with van der Waals surface area (Å²) in [6, 6.07) is 8.36. The highest BCUT2D eigenvalue weighted by molar-refractivity contribution is 8.03. The molecule has 11 heteroatoms. The van der Waals surface area contributed by atoms with Crippen LogP contribution in [-0.2, 0) is 15.8 Å². The summed E-state index contributed by atoms with van der Waals surface area (Å²) in [5, 5.41) is 16.6. The Bertz CT molecular complexity index is 1050. The zero-order valence-electron chi connectivity index (χ0n) is 15.0. The Kier molecular flexibility index (Phi) is 6.75. The van der Waals surface area contributed by atoms with Gasteiger partial charge in [0.25, 0.3) is 0 Å². The van der Waals surface area contributed by atoms with Crippen molar-refractivity contribution >= 4 is 52.2 Å². The van der Waals surface area contributed by atoms with Crippen molar-refractivity contribution in [3.63, 3.8) is 0 Å². The molecule has 0 bridgehead atoms. The lowest BCUT2D eigenvalue weighted by Crippen LogP contribution is -2.31. The standard InChI is InChI=1S/C19H13ClF3N3O2S2/c20-13-4-3-10(19(21,22)23)6-14(13)25-17(28)9-30-18-12(8-24)11(7-16(27)26-18)15-2-1-5-29-15/h1-6,11H,7,9H2,(H,25,28)(H,26,27)/t11-/m1/s1. The molecule has 1 aliphatic rings. The van der Waals surface area contributed by atoms with Gasteiger partial charge in [-0.25, -0.2) is 0 Å².